The second-order valence-electron chi connectivity index (χ2n) is 5.61. The van der Waals surface area contributed by atoms with Crippen LogP contribution >= 0.6 is 0 Å². The maximum Gasteiger partial charge on any atom is 0.197 e. The van der Waals surface area contributed by atoms with Crippen molar-refractivity contribution in [2.75, 3.05) is 0 Å². The van der Waals surface area contributed by atoms with Crippen molar-refractivity contribution in [1.29, 1.82) is 0 Å². The molecule has 1 aromatic carbocycles. The highest BCUT2D eigenvalue weighted by Crippen LogP contribution is 2.25. The lowest BCUT2D eigenvalue weighted by Crippen LogP contribution is -2.22. The van der Waals surface area contributed by atoms with Crippen LogP contribution in [0.4, 0.5) is 0 Å². The molecule has 0 amide bonds. The lowest BCUT2D eigenvalue weighted by atomic mass is 9.99. The number of ether oxygens (including phenoxy) is 2. The smallest absolute Gasteiger partial charge is 0.197 e. The van der Waals surface area contributed by atoms with Gasteiger partial charge in [0.2, 0.25) is 0 Å². The highest BCUT2D eigenvalue weighted by molar-refractivity contribution is 5.29. The minimum atomic E-state index is -0.155. The first-order chi connectivity index (χ1) is 9.19. The normalized spacial score (nSPS) is 19.3. The van der Waals surface area contributed by atoms with Gasteiger partial charge in [0.1, 0.15) is 5.75 Å². The van der Waals surface area contributed by atoms with E-state index < -0.39 is 0 Å². The summed E-state index contributed by atoms with van der Waals surface area (Å²) in [5.74, 6) is 1.51. The highest BCUT2D eigenvalue weighted by atomic mass is 16.7. The maximum absolute atomic E-state index is 5.89. The Morgan fingerprint density at radius 2 is 1.74 bits per heavy atom. The van der Waals surface area contributed by atoms with E-state index in [1.165, 1.54) is 37.7 Å². The van der Waals surface area contributed by atoms with E-state index in [0.29, 0.717) is 12.0 Å². The van der Waals surface area contributed by atoms with Crippen LogP contribution in [0.15, 0.2) is 24.3 Å². The molecule has 0 saturated heterocycles. The quantitative estimate of drug-likeness (QED) is 0.680. The van der Waals surface area contributed by atoms with Crippen LogP contribution in [0.5, 0.6) is 5.75 Å². The van der Waals surface area contributed by atoms with Crippen molar-refractivity contribution in [3.8, 4) is 5.75 Å². The fourth-order valence-electron chi connectivity index (χ4n) is 2.63. The molecule has 0 heterocycles. The van der Waals surface area contributed by atoms with E-state index in [4.69, 9.17) is 9.47 Å². The van der Waals surface area contributed by atoms with E-state index in [9.17, 15) is 0 Å². The molecular formula is C17H26O2. The van der Waals surface area contributed by atoms with Crippen molar-refractivity contribution in [2.45, 2.75) is 71.2 Å². The predicted molar refractivity (Wildman–Crippen MR) is 78.6 cm³/mol. The summed E-state index contributed by atoms with van der Waals surface area (Å²) in [4.78, 5) is 0. The van der Waals surface area contributed by atoms with E-state index in [0.717, 1.165) is 5.75 Å². The molecule has 0 radical (unpaired) electrons. The van der Waals surface area contributed by atoms with E-state index in [-0.39, 0.29) is 6.29 Å². The molecule has 0 aliphatic heterocycles. The van der Waals surface area contributed by atoms with Crippen LogP contribution in [0, 0.1) is 0 Å². The largest absolute Gasteiger partial charge is 0.465 e. The topological polar surface area (TPSA) is 18.5 Å². The third-order valence-electron chi connectivity index (χ3n) is 4.05. The fraction of sp³-hybridized carbons (Fsp3) is 0.647. The molecule has 2 atom stereocenters. The minimum Gasteiger partial charge on any atom is -0.465 e. The van der Waals surface area contributed by atoms with Crippen molar-refractivity contribution in [2.24, 2.45) is 0 Å². The average Bonchev–Trinajstić information content (AvgIpc) is 2.91. The molecule has 1 aromatic rings. The van der Waals surface area contributed by atoms with Crippen molar-refractivity contribution < 1.29 is 9.47 Å². The molecular weight excluding hydrogens is 236 g/mol. The van der Waals surface area contributed by atoms with Crippen LogP contribution in [-0.2, 0) is 4.74 Å². The number of hydrogen-bond donors (Lipinski definition) is 0. The molecule has 19 heavy (non-hydrogen) atoms. The fourth-order valence-corrected chi connectivity index (χ4v) is 2.63. The van der Waals surface area contributed by atoms with Gasteiger partial charge in [-0.1, -0.05) is 38.8 Å². The minimum absolute atomic E-state index is 0.155. The van der Waals surface area contributed by atoms with Crippen LogP contribution in [-0.4, -0.2) is 12.4 Å². The van der Waals surface area contributed by atoms with E-state index >= 15 is 0 Å². The van der Waals surface area contributed by atoms with Gasteiger partial charge < -0.3 is 9.47 Å². The summed E-state index contributed by atoms with van der Waals surface area (Å²) in [5.41, 5.74) is 1.37. The van der Waals surface area contributed by atoms with Crippen molar-refractivity contribution in [1.82, 2.24) is 0 Å². The molecule has 2 unspecified atom stereocenters. The van der Waals surface area contributed by atoms with Gasteiger partial charge in [0.25, 0.3) is 0 Å². The van der Waals surface area contributed by atoms with Gasteiger partial charge in [-0.15, -0.1) is 0 Å². The molecule has 1 aliphatic carbocycles. The standard InChI is InChI=1S/C17H26O2/c1-4-13(2)15-9-11-17(12-10-15)19-14(3)18-16-7-5-6-8-16/h9-14,16H,4-8H2,1-3H3. The number of hydrogen-bond acceptors (Lipinski definition) is 2. The molecule has 1 aliphatic rings. The molecule has 106 valence electrons. The summed E-state index contributed by atoms with van der Waals surface area (Å²) in [7, 11) is 0. The zero-order valence-corrected chi connectivity index (χ0v) is 12.4. The Balaban J connectivity index is 1.84. The van der Waals surface area contributed by atoms with E-state index in [1.807, 2.05) is 6.92 Å². The molecule has 0 aromatic heterocycles. The van der Waals surface area contributed by atoms with E-state index in [1.54, 1.807) is 0 Å². The summed E-state index contributed by atoms with van der Waals surface area (Å²) < 4.78 is 11.7. The molecule has 0 N–H and O–H groups in total. The first-order valence-corrected chi connectivity index (χ1v) is 7.61. The first-order valence-electron chi connectivity index (χ1n) is 7.61. The monoisotopic (exact) mass is 262 g/mol. The summed E-state index contributed by atoms with van der Waals surface area (Å²) in [5, 5.41) is 0. The van der Waals surface area contributed by atoms with Gasteiger partial charge in [-0.3, -0.25) is 0 Å². The summed E-state index contributed by atoms with van der Waals surface area (Å²) in [6.45, 7) is 6.45. The molecule has 1 saturated carbocycles. The van der Waals surface area contributed by atoms with Gasteiger partial charge in [-0.2, -0.15) is 0 Å². The SMILES string of the molecule is CCC(C)c1ccc(OC(C)OC2CCCC2)cc1. The molecule has 2 rings (SSSR count). The van der Waals surface area contributed by atoms with Crippen LogP contribution in [0.2, 0.25) is 0 Å². The Labute approximate surface area is 117 Å². The lowest BCUT2D eigenvalue weighted by molar-refractivity contribution is -0.104. The van der Waals surface area contributed by atoms with E-state index in [2.05, 4.69) is 38.1 Å². The third-order valence-corrected chi connectivity index (χ3v) is 4.05. The Bertz CT molecular complexity index is 365. The van der Waals surface area contributed by atoms with Crippen LogP contribution < -0.4 is 4.74 Å². The van der Waals surface area contributed by atoms with Crippen molar-refractivity contribution in [3.63, 3.8) is 0 Å². The Kier molecular flexibility index (Phi) is 5.26. The van der Waals surface area contributed by atoms with Gasteiger partial charge >= 0.3 is 0 Å². The Morgan fingerprint density at radius 3 is 2.32 bits per heavy atom. The Morgan fingerprint density at radius 1 is 1.11 bits per heavy atom. The molecule has 0 spiro atoms. The highest BCUT2D eigenvalue weighted by Gasteiger charge is 2.18. The predicted octanol–water partition coefficient (Wildman–Crippen LogP) is 4.88. The molecule has 0 bridgehead atoms. The Hall–Kier alpha value is -1.02. The van der Waals surface area contributed by atoms with Crippen molar-refractivity contribution in [3.05, 3.63) is 29.8 Å². The number of benzene rings is 1. The average molecular weight is 262 g/mol. The second kappa shape index (κ2) is 6.95. The van der Waals surface area contributed by atoms with Gasteiger partial charge in [-0.05, 0) is 49.8 Å². The lowest BCUT2D eigenvalue weighted by Gasteiger charge is -2.20. The van der Waals surface area contributed by atoms with Gasteiger partial charge in [0.05, 0.1) is 6.10 Å². The van der Waals surface area contributed by atoms with Gasteiger partial charge in [0.15, 0.2) is 6.29 Å². The summed E-state index contributed by atoms with van der Waals surface area (Å²) in [6, 6.07) is 8.42. The first kappa shape index (κ1) is 14.4. The zero-order valence-electron chi connectivity index (χ0n) is 12.4. The molecule has 2 heteroatoms. The van der Waals surface area contributed by atoms with Crippen LogP contribution in [0.1, 0.15) is 64.4 Å². The zero-order chi connectivity index (χ0) is 13.7. The van der Waals surface area contributed by atoms with Crippen molar-refractivity contribution >= 4 is 0 Å². The maximum atomic E-state index is 5.89. The second-order valence-corrected chi connectivity index (χ2v) is 5.61. The van der Waals surface area contributed by atoms with Crippen LogP contribution in [0.3, 0.4) is 0 Å². The summed E-state index contributed by atoms with van der Waals surface area (Å²) >= 11 is 0. The summed E-state index contributed by atoms with van der Waals surface area (Å²) in [6.07, 6.45) is 6.36. The van der Waals surface area contributed by atoms with Crippen LogP contribution in [0.25, 0.3) is 0 Å². The molecule has 2 nitrogen and oxygen atoms in total. The molecule has 1 fully saturated rings. The third kappa shape index (κ3) is 4.24. The van der Waals surface area contributed by atoms with Gasteiger partial charge in [-0.25, -0.2) is 0 Å². The number of rotatable bonds is 6. The van der Waals surface area contributed by atoms with Gasteiger partial charge in [0, 0.05) is 0 Å².